The van der Waals surface area contributed by atoms with Gasteiger partial charge in [0.2, 0.25) is 0 Å². The van der Waals surface area contributed by atoms with E-state index in [0.717, 1.165) is 26.9 Å². The minimum atomic E-state index is -0.482. The molecule has 6 rings (SSSR count). The van der Waals surface area contributed by atoms with E-state index in [9.17, 15) is 9.18 Å². The second kappa shape index (κ2) is 6.74. The molecule has 4 aromatic heterocycles. The highest BCUT2D eigenvalue weighted by Crippen LogP contribution is 2.34. The number of imidazole rings is 2. The molecule has 0 saturated carbocycles. The van der Waals surface area contributed by atoms with Gasteiger partial charge >= 0.3 is 0 Å². The van der Waals surface area contributed by atoms with Crippen molar-refractivity contribution in [1.29, 1.82) is 0 Å². The Morgan fingerprint density at radius 2 is 2.16 bits per heavy atom. The van der Waals surface area contributed by atoms with E-state index in [1.54, 1.807) is 17.3 Å². The van der Waals surface area contributed by atoms with E-state index in [2.05, 4.69) is 36.0 Å². The van der Waals surface area contributed by atoms with E-state index in [-0.39, 0.29) is 5.91 Å². The molecule has 1 amide bonds. The Morgan fingerprint density at radius 1 is 1.26 bits per heavy atom. The van der Waals surface area contributed by atoms with Gasteiger partial charge < -0.3 is 14.9 Å². The predicted octanol–water partition coefficient (Wildman–Crippen LogP) is 3.62. The van der Waals surface area contributed by atoms with Crippen LogP contribution in [0.4, 0.5) is 4.39 Å². The number of carbonyl (C=O) groups excluding carboxylic acids is 1. The van der Waals surface area contributed by atoms with Crippen molar-refractivity contribution in [2.45, 2.75) is 12.5 Å². The highest BCUT2D eigenvalue weighted by Gasteiger charge is 2.37. The second-order valence-electron chi connectivity index (χ2n) is 7.44. The molecular formula is C21H15BrFN7O. The van der Waals surface area contributed by atoms with Gasteiger partial charge in [0.05, 0.1) is 46.5 Å². The summed E-state index contributed by atoms with van der Waals surface area (Å²) in [4.78, 5) is 31.2. The van der Waals surface area contributed by atoms with Crippen LogP contribution >= 0.6 is 15.9 Å². The van der Waals surface area contributed by atoms with Crippen molar-refractivity contribution in [3.8, 4) is 0 Å². The first-order chi connectivity index (χ1) is 15.1. The number of fused-ring (bicyclic) bond motifs is 3. The van der Waals surface area contributed by atoms with Crippen LogP contribution in [0.1, 0.15) is 33.6 Å². The lowest BCUT2D eigenvalue weighted by Crippen LogP contribution is -2.41. The monoisotopic (exact) mass is 479 g/mol. The summed E-state index contributed by atoms with van der Waals surface area (Å²) < 4.78 is 15.9. The summed E-state index contributed by atoms with van der Waals surface area (Å²) in [5.74, 6) is 0.0129. The highest BCUT2D eigenvalue weighted by molar-refractivity contribution is 9.10. The van der Waals surface area contributed by atoms with Crippen molar-refractivity contribution in [2.75, 3.05) is 6.54 Å². The molecule has 5 heterocycles. The molecule has 0 saturated heterocycles. The van der Waals surface area contributed by atoms with Crippen LogP contribution < -0.4 is 0 Å². The van der Waals surface area contributed by atoms with E-state index < -0.39 is 11.9 Å². The van der Waals surface area contributed by atoms with Gasteiger partial charge in [0.1, 0.15) is 17.7 Å². The fourth-order valence-corrected chi connectivity index (χ4v) is 4.54. The number of benzene rings is 1. The molecule has 1 aliphatic rings. The van der Waals surface area contributed by atoms with Crippen molar-refractivity contribution in [2.24, 2.45) is 0 Å². The van der Waals surface area contributed by atoms with Crippen molar-refractivity contribution in [3.63, 3.8) is 0 Å². The van der Waals surface area contributed by atoms with Gasteiger partial charge in [0.25, 0.3) is 5.91 Å². The number of hydrogen-bond donors (Lipinski definition) is 2. The molecule has 1 aromatic carbocycles. The lowest BCUT2D eigenvalue weighted by atomic mass is 10.0. The molecule has 0 radical (unpaired) electrons. The van der Waals surface area contributed by atoms with Crippen LogP contribution in [0.3, 0.4) is 0 Å². The zero-order valence-electron chi connectivity index (χ0n) is 16.0. The Balaban J connectivity index is 1.48. The molecule has 5 aromatic rings. The molecule has 0 fully saturated rings. The summed E-state index contributed by atoms with van der Waals surface area (Å²) in [6.45, 7) is 0.484. The SMILES string of the molecule is O=C(c1cnn2cc(F)ccc12)N1CCc2[nH]cnc2[C@H]1c1nc2ccc(Br)cc2[nH]1. The van der Waals surface area contributed by atoms with Gasteiger partial charge in [-0.3, -0.25) is 4.79 Å². The summed E-state index contributed by atoms with van der Waals surface area (Å²) in [6, 6.07) is 8.20. The first-order valence-electron chi connectivity index (χ1n) is 9.69. The standard InChI is InChI=1S/C21H15BrFN7O/c22-11-1-3-14-16(7-11)28-20(27-14)19-18-15(24-10-25-18)5-6-29(19)21(31)13-8-26-30-9-12(23)2-4-17(13)30/h1-4,7-10,19H,5-6H2,(H,24,25)(H,27,28)/t19-/m0/s1. The summed E-state index contributed by atoms with van der Waals surface area (Å²) >= 11 is 3.48. The number of aromatic amines is 2. The maximum absolute atomic E-state index is 13.6. The number of carbonyl (C=O) groups is 1. The van der Waals surface area contributed by atoms with Crippen molar-refractivity contribution in [3.05, 3.63) is 82.1 Å². The topological polar surface area (TPSA) is 95.0 Å². The van der Waals surface area contributed by atoms with Gasteiger partial charge in [0, 0.05) is 23.1 Å². The maximum atomic E-state index is 13.6. The van der Waals surface area contributed by atoms with Crippen LogP contribution in [0.2, 0.25) is 0 Å². The largest absolute Gasteiger partial charge is 0.348 e. The molecule has 8 nitrogen and oxygen atoms in total. The minimum Gasteiger partial charge on any atom is -0.348 e. The second-order valence-corrected chi connectivity index (χ2v) is 8.35. The minimum absolute atomic E-state index is 0.207. The summed E-state index contributed by atoms with van der Waals surface area (Å²) in [5.41, 5.74) is 4.37. The molecular weight excluding hydrogens is 465 g/mol. The Morgan fingerprint density at radius 3 is 3.06 bits per heavy atom. The number of pyridine rings is 1. The van der Waals surface area contributed by atoms with E-state index in [4.69, 9.17) is 4.98 Å². The molecule has 0 aliphatic carbocycles. The third kappa shape index (κ3) is 2.86. The Labute approximate surface area is 183 Å². The molecule has 1 aliphatic heterocycles. The average molecular weight is 480 g/mol. The van der Waals surface area contributed by atoms with Gasteiger partial charge in [-0.15, -0.1) is 0 Å². The first kappa shape index (κ1) is 18.3. The number of hydrogen-bond acceptors (Lipinski definition) is 4. The van der Waals surface area contributed by atoms with Gasteiger partial charge in [0.15, 0.2) is 0 Å². The molecule has 31 heavy (non-hydrogen) atoms. The molecule has 10 heteroatoms. The van der Waals surface area contributed by atoms with Crippen LogP contribution in [0.5, 0.6) is 0 Å². The quantitative estimate of drug-likeness (QED) is 0.404. The molecule has 0 unspecified atom stereocenters. The zero-order chi connectivity index (χ0) is 21.1. The maximum Gasteiger partial charge on any atom is 0.258 e. The third-order valence-corrected chi connectivity index (χ3v) is 6.11. The summed E-state index contributed by atoms with van der Waals surface area (Å²) in [6.07, 6.45) is 5.02. The third-order valence-electron chi connectivity index (χ3n) is 5.62. The normalized spacial score (nSPS) is 16.2. The Kier molecular flexibility index (Phi) is 3.97. The summed E-state index contributed by atoms with van der Waals surface area (Å²) in [5, 5.41) is 4.15. The lowest BCUT2D eigenvalue weighted by molar-refractivity contribution is 0.0686. The van der Waals surface area contributed by atoms with Crippen molar-refractivity contribution >= 4 is 38.4 Å². The van der Waals surface area contributed by atoms with Gasteiger partial charge in [-0.05, 0) is 30.3 Å². The predicted molar refractivity (Wildman–Crippen MR) is 114 cm³/mol. The van der Waals surface area contributed by atoms with Crippen molar-refractivity contribution < 1.29 is 9.18 Å². The molecule has 2 N–H and O–H groups in total. The van der Waals surface area contributed by atoms with Gasteiger partial charge in [-0.1, -0.05) is 15.9 Å². The van der Waals surface area contributed by atoms with Crippen LogP contribution in [0.25, 0.3) is 16.6 Å². The van der Waals surface area contributed by atoms with Crippen LogP contribution in [0, 0.1) is 5.82 Å². The van der Waals surface area contributed by atoms with Gasteiger partial charge in [-0.2, -0.15) is 5.10 Å². The number of rotatable bonds is 2. The Bertz CT molecular complexity index is 1470. The number of halogens is 2. The molecule has 154 valence electrons. The number of aromatic nitrogens is 6. The number of H-pyrrole nitrogens is 2. The Hall–Kier alpha value is -3.53. The van der Waals surface area contributed by atoms with Crippen molar-refractivity contribution in [1.82, 2.24) is 34.4 Å². The first-order valence-corrected chi connectivity index (χ1v) is 10.5. The van der Waals surface area contributed by atoms with Crippen LogP contribution in [0.15, 0.2) is 53.5 Å². The average Bonchev–Trinajstić information content (AvgIpc) is 3.49. The lowest BCUT2D eigenvalue weighted by Gasteiger charge is -2.33. The van der Waals surface area contributed by atoms with Crippen LogP contribution in [-0.2, 0) is 6.42 Å². The van der Waals surface area contributed by atoms with E-state index >= 15 is 0 Å². The molecule has 1 atom stereocenters. The fraction of sp³-hybridized carbons (Fsp3) is 0.143. The molecule has 0 spiro atoms. The summed E-state index contributed by atoms with van der Waals surface area (Å²) in [7, 11) is 0. The number of amides is 1. The smallest absolute Gasteiger partial charge is 0.258 e. The zero-order valence-corrected chi connectivity index (χ0v) is 17.6. The highest BCUT2D eigenvalue weighted by atomic mass is 79.9. The number of nitrogens with one attached hydrogen (secondary N) is 2. The van der Waals surface area contributed by atoms with E-state index in [1.807, 2.05) is 18.2 Å². The number of nitrogens with zero attached hydrogens (tertiary/aromatic N) is 5. The van der Waals surface area contributed by atoms with E-state index in [1.165, 1.54) is 23.0 Å². The van der Waals surface area contributed by atoms with E-state index in [0.29, 0.717) is 29.9 Å². The van der Waals surface area contributed by atoms with Crippen LogP contribution in [-0.4, -0.2) is 46.9 Å². The van der Waals surface area contributed by atoms with Gasteiger partial charge in [-0.25, -0.2) is 18.9 Å². The fourth-order valence-electron chi connectivity index (χ4n) is 4.18. The molecule has 0 bridgehead atoms.